The summed E-state index contributed by atoms with van der Waals surface area (Å²) in [5, 5.41) is 41.2. The number of amides is 14. The second-order valence-electron chi connectivity index (χ2n) is 27.4. The van der Waals surface area contributed by atoms with E-state index in [9.17, 15) is 72.2 Å². The van der Waals surface area contributed by atoms with Gasteiger partial charge in [-0.2, -0.15) is 0 Å². The molecule has 11 atom stereocenters. The molecule has 2 rings (SSSR count). The molecule has 1 aliphatic heterocycles. The van der Waals surface area contributed by atoms with Crippen molar-refractivity contribution in [3.05, 3.63) is 29.8 Å². The molecule has 1 saturated heterocycles. The molecule has 1 aliphatic rings. The van der Waals surface area contributed by atoms with Crippen LogP contribution in [0.5, 0.6) is 5.75 Å². The summed E-state index contributed by atoms with van der Waals surface area (Å²) < 4.78 is 0. The van der Waals surface area contributed by atoms with Gasteiger partial charge in [-0.25, -0.2) is 0 Å². The number of hydrogen-bond acceptors (Lipinski definition) is 24. The Balaban J connectivity index is 3.09. The van der Waals surface area contributed by atoms with Crippen LogP contribution in [-0.2, 0) is 73.5 Å². The first-order valence-corrected chi connectivity index (χ1v) is 39.6. The molecule has 1 fully saturated rings. The molecule has 117 heavy (non-hydrogen) atoms. The molecule has 43 N–H and O–H groups in total. The standard InChI is InChI=1S/C69H124N32O15S/c70-26-4-1-12-41-57(109)94-42(13-2-5-27-71)58(110)95-43(14-3-6-28-72)59(111)96-46(18-10-32-88-68(81)82)62(114)100-48(24-25-51(73)103)64(116)99-45(17-9-31-87-67(79)80)61(113)97-44(16-8-30-86-66(77)78)60(112)98-47(19-11-33-89-69(83)84)63(115)101-50(54(74)106)36-117-37-53(105)92-49(34-38-20-22-39(102)23-21-38)55(107)90-35-52(104)91-40(56(108)93-41)15-7-29-85-65(75)76/h20-23,40-50,102H,1-19,24-37,70-72H2,(H2,73,103)(H2,74,106)(H,90,107)(H,91,104)(H,92,105)(H,93,108)(H,94,109)(H,95,110)(H,96,111)(H,97,113)(H,98,112)(H,99,116)(H,100,114)(H,101,115)(H4,75,76,85)(H4,77,78,86)(H4,79,80,87)(H4,81,82,88)(H4,83,84,89)/t40-,41-,42-,43-,44-,45-,46-,47-,48-,49-,50-/m0/s1. The molecule has 0 saturated carbocycles. The fraction of sp³-hybridized carbons (Fsp3) is 0.638. The van der Waals surface area contributed by atoms with E-state index in [1.165, 1.54) is 24.3 Å². The van der Waals surface area contributed by atoms with Crippen molar-refractivity contribution in [3.63, 3.8) is 0 Å². The van der Waals surface area contributed by atoms with E-state index in [0.29, 0.717) is 24.8 Å². The number of hydrogen-bond donors (Lipinski definition) is 28. The van der Waals surface area contributed by atoms with Crippen LogP contribution in [0, 0.1) is 0 Å². The van der Waals surface area contributed by atoms with Crippen molar-refractivity contribution in [2.24, 2.45) is 111 Å². The Labute approximate surface area is 682 Å². The van der Waals surface area contributed by atoms with Crippen molar-refractivity contribution in [3.8, 4) is 5.75 Å². The molecule has 0 unspecified atom stereocenters. The van der Waals surface area contributed by atoms with E-state index in [-0.39, 0.29) is 197 Å². The van der Waals surface area contributed by atoms with Gasteiger partial charge in [0.05, 0.1) is 12.3 Å². The fourth-order valence-corrected chi connectivity index (χ4v) is 12.3. The highest BCUT2D eigenvalue weighted by molar-refractivity contribution is 8.00. The molecule has 1 heterocycles. The minimum absolute atomic E-state index is 0.00178. The molecule has 656 valence electrons. The van der Waals surface area contributed by atoms with E-state index in [0.717, 1.165) is 11.8 Å². The van der Waals surface area contributed by atoms with Crippen molar-refractivity contribution >= 4 is 124 Å². The number of aromatic hydroxyl groups is 1. The molecule has 48 heteroatoms. The summed E-state index contributed by atoms with van der Waals surface area (Å²) in [6.45, 7) is -0.791. The fourth-order valence-electron chi connectivity index (χ4n) is 11.5. The molecular weight excluding hydrogens is 1550 g/mol. The van der Waals surface area contributed by atoms with Crippen LogP contribution in [0.25, 0.3) is 0 Å². The smallest absolute Gasteiger partial charge is 0.243 e. The third-order valence-corrected chi connectivity index (χ3v) is 18.6. The molecule has 1 aromatic rings. The lowest BCUT2D eigenvalue weighted by Gasteiger charge is -2.28. The van der Waals surface area contributed by atoms with Gasteiger partial charge in [0.25, 0.3) is 0 Å². The number of aliphatic imine (C=N–C) groups is 5. The van der Waals surface area contributed by atoms with Crippen molar-refractivity contribution in [1.82, 2.24) is 63.8 Å². The molecule has 1 aromatic carbocycles. The van der Waals surface area contributed by atoms with Crippen LogP contribution < -0.4 is 150 Å². The van der Waals surface area contributed by atoms with Crippen LogP contribution in [0.3, 0.4) is 0 Å². The van der Waals surface area contributed by atoms with Crippen LogP contribution in [0.15, 0.2) is 49.2 Å². The Morgan fingerprint density at radius 3 is 0.897 bits per heavy atom. The molecule has 14 amide bonds. The normalized spacial score (nSPS) is 21.9. The van der Waals surface area contributed by atoms with Gasteiger partial charge < -0.3 is 155 Å². The molecular formula is C69H124N32O15S. The second kappa shape index (κ2) is 57.3. The van der Waals surface area contributed by atoms with Crippen molar-refractivity contribution in [1.29, 1.82) is 0 Å². The summed E-state index contributed by atoms with van der Waals surface area (Å²) in [7, 11) is 0. The highest BCUT2D eigenvalue weighted by Crippen LogP contribution is 2.16. The van der Waals surface area contributed by atoms with Crippen LogP contribution in [0.2, 0.25) is 0 Å². The van der Waals surface area contributed by atoms with Crippen LogP contribution in [-0.4, -0.2) is 254 Å². The minimum atomic E-state index is -1.75. The lowest BCUT2D eigenvalue weighted by atomic mass is 10.0. The molecule has 0 aromatic heterocycles. The van der Waals surface area contributed by atoms with Gasteiger partial charge in [-0.05, 0) is 166 Å². The molecule has 0 aliphatic carbocycles. The Morgan fingerprint density at radius 1 is 0.342 bits per heavy atom. The quantitative estimate of drug-likeness (QED) is 0.0166. The number of carbonyl (C=O) groups excluding carboxylic acids is 14. The summed E-state index contributed by atoms with van der Waals surface area (Å²) in [6, 6.07) is -11.5. The van der Waals surface area contributed by atoms with Gasteiger partial charge in [0.2, 0.25) is 82.7 Å². The van der Waals surface area contributed by atoms with Gasteiger partial charge in [-0.3, -0.25) is 92.1 Å². The topological polar surface area (TPSA) is 856 Å². The number of phenolic OH excluding ortho intramolecular Hbond substituents is 1. The maximum atomic E-state index is 14.9. The van der Waals surface area contributed by atoms with Crippen molar-refractivity contribution in [2.75, 3.05) is 70.4 Å². The van der Waals surface area contributed by atoms with Crippen LogP contribution >= 0.6 is 11.8 Å². The molecule has 0 radical (unpaired) electrons. The largest absolute Gasteiger partial charge is 0.508 e. The van der Waals surface area contributed by atoms with E-state index in [4.69, 9.17) is 86.0 Å². The SMILES string of the molecule is NCCCC[C@@H]1NC(=O)[C@H](CCCN=C(N)N)NC(=O)CNC(=O)[C@H](Cc2ccc(O)cc2)NC(=O)CSC[C@@H](C(N)=O)NC(=O)[C@H](CCCN=C(N)N)NC(=O)[C@H](CCCN=C(N)N)NC(=O)[C@H](CCCN=C(N)N)NC(=O)[C@H](CCC(N)=O)NC(=O)[C@H](CCCN=C(N)N)NC(=O)[C@H](CCCCN)NC(=O)[C@H](CCCCN)NC1=O. The Kier molecular flexibility index (Phi) is 49.6. The van der Waals surface area contributed by atoms with Crippen LogP contribution in [0.4, 0.5) is 0 Å². The number of carbonyl (C=O) groups is 14. The average Bonchev–Trinajstić information content (AvgIpc) is 0.863. The Morgan fingerprint density at radius 2 is 0.615 bits per heavy atom. The van der Waals surface area contributed by atoms with E-state index in [1.54, 1.807) is 0 Å². The van der Waals surface area contributed by atoms with Crippen molar-refractivity contribution in [2.45, 2.75) is 208 Å². The first-order valence-electron chi connectivity index (χ1n) is 38.5. The number of rotatable bonds is 38. The summed E-state index contributed by atoms with van der Waals surface area (Å²) in [5.74, 6) is -16.3. The Hall–Kier alpha value is -11.8. The average molecular weight is 1670 g/mol. The highest BCUT2D eigenvalue weighted by atomic mass is 32.2. The number of nitrogens with one attached hydrogen (secondary N) is 12. The number of thioether (sulfide) groups is 1. The van der Waals surface area contributed by atoms with Gasteiger partial charge in [0, 0.05) is 51.3 Å². The van der Waals surface area contributed by atoms with Gasteiger partial charge >= 0.3 is 0 Å². The monoisotopic (exact) mass is 1670 g/mol. The van der Waals surface area contributed by atoms with Gasteiger partial charge in [0.1, 0.15) is 72.2 Å². The predicted molar refractivity (Wildman–Crippen MR) is 439 cm³/mol. The maximum absolute atomic E-state index is 14.9. The van der Waals surface area contributed by atoms with E-state index in [2.05, 4.69) is 88.8 Å². The van der Waals surface area contributed by atoms with Crippen LogP contribution in [0.1, 0.15) is 140 Å². The first kappa shape index (κ1) is 101. The first-order chi connectivity index (χ1) is 55.6. The number of nitrogens with zero attached hydrogens (tertiary/aromatic N) is 5. The molecule has 0 spiro atoms. The Bertz CT molecular complexity index is 3540. The summed E-state index contributed by atoms with van der Waals surface area (Å²) in [5.41, 5.74) is 85.5. The number of benzene rings is 1. The molecule has 47 nitrogen and oxygen atoms in total. The third-order valence-electron chi connectivity index (χ3n) is 17.6. The maximum Gasteiger partial charge on any atom is 0.243 e. The van der Waals surface area contributed by atoms with Gasteiger partial charge in [-0.1, -0.05) is 12.1 Å². The van der Waals surface area contributed by atoms with Gasteiger partial charge in [0.15, 0.2) is 29.8 Å². The zero-order chi connectivity index (χ0) is 87.4. The summed E-state index contributed by atoms with van der Waals surface area (Å²) in [6.07, 6.45) is -1.06. The van der Waals surface area contributed by atoms with Crippen molar-refractivity contribution < 1.29 is 72.2 Å². The zero-order valence-corrected chi connectivity index (χ0v) is 66.8. The number of guanidine groups is 5. The number of primary amides is 2. The number of nitrogens with two attached hydrogens (primary N) is 15. The summed E-state index contributed by atoms with van der Waals surface area (Å²) in [4.78, 5) is 220. The second-order valence-corrected chi connectivity index (χ2v) is 28.4. The minimum Gasteiger partial charge on any atom is -0.508 e. The zero-order valence-electron chi connectivity index (χ0n) is 66.0. The molecule has 0 bridgehead atoms. The van der Waals surface area contributed by atoms with E-state index >= 15 is 0 Å². The number of unbranched alkanes of at least 4 members (excludes halogenated alkanes) is 3. The van der Waals surface area contributed by atoms with Gasteiger partial charge in [-0.15, -0.1) is 11.8 Å². The van der Waals surface area contributed by atoms with E-state index in [1.807, 2.05) is 0 Å². The highest BCUT2D eigenvalue weighted by Gasteiger charge is 2.37. The summed E-state index contributed by atoms with van der Waals surface area (Å²) >= 11 is 0.772. The van der Waals surface area contributed by atoms with E-state index < -0.39 is 180 Å². The predicted octanol–water partition coefficient (Wildman–Crippen LogP) is -11.5. The number of phenols is 1. The lowest BCUT2D eigenvalue weighted by Crippen LogP contribution is -2.60. The third kappa shape index (κ3) is 44.6. The lowest BCUT2D eigenvalue weighted by molar-refractivity contribution is -0.136.